The number of nitrogens with zero attached hydrogens (tertiary/aromatic N) is 1. The third-order valence-electron chi connectivity index (χ3n) is 3.52. The van der Waals surface area contributed by atoms with E-state index in [1.54, 1.807) is 0 Å². The van der Waals surface area contributed by atoms with Crippen LogP contribution in [0.4, 0.5) is 0 Å². The van der Waals surface area contributed by atoms with Crippen molar-refractivity contribution in [1.82, 2.24) is 10.2 Å². The molecule has 102 valence electrons. The molecule has 6 nitrogen and oxygen atoms in total. The number of carbonyl (C=O) groups is 2. The molecule has 2 rings (SSSR count). The number of nitrogens with one attached hydrogen (secondary N) is 1. The molecule has 2 unspecified atom stereocenters. The second-order valence-electron chi connectivity index (χ2n) is 4.89. The van der Waals surface area contributed by atoms with Gasteiger partial charge in [-0.05, 0) is 19.3 Å². The van der Waals surface area contributed by atoms with Gasteiger partial charge in [-0.2, -0.15) is 0 Å². The van der Waals surface area contributed by atoms with E-state index in [0.29, 0.717) is 19.6 Å². The Morgan fingerprint density at radius 2 is 2.33 bits per heavy atom. The number of hydrogen-bond donors (Lipinski definition) is 2. The van der Waals surface area contributed by atoms with Gasteiger partial charge in [-0.15, -0.1) is 0 Å². The molecule has 0 aromatic heterocycles. The molecule has 0 aromatic carbocycles. The molecule has 1 amide bonds. The lowest BCUT2D eigenvalue weighted by Crippen LogP contribution is -2.57. The molecule has 2 N–H and O–H groups in total. The number of carboxylic acids is 1. The van der Waals surface area contributed by atoms with Crippen molar-refractivity contribution in [1.29, 1.82) is 0 Å². The molecule has 2 saturated heterocycles. The lowest BCUT2D eigenvalue weighted by molar-refractivity contribution is -0.144. The highest BCUT2D eigenvalue weighted by Crippen LogP contribution is 2.17. The molecular weight excluding hydrogens is 236 g/mol. The zero-order valence-electron chi connectivity index (χ0n) is 10.4. The van der Waals surface area contributed by atoms with Crippen LogP contribution in [-0.2, 0) is 14.3 Å². The Bertz CT molecular complexity index is 315. The van der Waals surface area contributed by atoms with E-state index in [1.807, 2.05) is 4.90 Å². The molecule has 2 atom stereocenters. The zero-order chi connectivity index (χ0) is 13.0. The van der Waals surface area contributed by atoms with Crippen LogP contribution in [0, 0.1) is 0 Å². The fourth-order valence-corrected chi connectivity index (χ4v) is 2.58. The highest BCUT2D eigenvalue weighted by atomic mass is 16.5. The fourth-order valence-electron chi connectivity index (χ4n) is 2.58. The van der Waals surface area contributed by atoms with Gasteiger partial charge >= 0.3 is 5.97 Å². The molecule has 0 saturated carbocycles. The van der Waals surface area contributed by atoms with E-state index in [2.05, 4.69) is 5.32 Å². The molecule has 2 aliphatic heterocycles. The minimum Gasteiger partial charge on any atom is -0.481 e. The van der Waals surface area contributed by atoms with Crippen molar-refractivity contribution >= 4 is 11.9 Å². The second-order valence-corrected chi connectivity index (χ2v) is 4.89. The van der Waals surface area contributed by atoms with Crippen molar-refractivity contribution in [2.24, 2.45) is 0 Å². The third-order valence-corrected chi connectivity index (χ3v) is 3.52. The maximum absolute atomic E-state index is 11.7. The molecule has 18 heavy (non-hydrogen) atoms. The van der Waals surface area contributed by atoms with Gasteiger partial charge in [0.25, 0.3) is 0 Å². The van der Waals surface area contributed by atoms with E-state index in [0.717, 1.165) is 25.9 Å². The van der Waals surface area contributed by atoms with Gasteiger partial charge in [0.15, 0.2) is 0 Å². The largest absolute Gasteiger partial charge is 0.481 e. The van der Waals surface area contributed by atoms with E-state index < -0.39 is 12.0 Å². The summed E-state index contributed by atoms with van der Waals surface area (Å²) in [5.74, 6) is -1.12. The summed E-state index contributed by atoms with van der Waals surface area (Å²) in [5.41, 5.74) is 0. The van der Waals surface area contributed by atoms with Crippen LogP contribution in [-0.4, -0.2) is 60.3 Å². The Morgan fingerprint density at radius 3 is 3.00 bits per heavy atom. The summed E-state index contributed by atoms with van der Waals surface area (Å²) in [5, 5.41) is 11.6. The Balaban J connectivity index is 1.93. The number of carbonyl (C=O) groups excluding carboxylic acids is 1. The second kappa shape index (κ2) is 6.15. The molecule has 0 bridgehead atoms. The molecule has 0 radical (unpaired) electrons. The SMILES string of the molecule is O=C(O)CC1C(=O)NCCN1CC1CCCCO1. The summed E-state index contributed by atoms with van der Waals surface area (Å²) in [6.07, 6.45) is 3.24. The van der Waals surface area contributed by atoms with Crippen LogP contribution in [0.15, 0.2) is 0 Å². The summed E-state index contributed by atoms with van der Waals surface area (Å²) in [7, 11) is 0. The van der Waals surface area contributed by atoms with Crippen molar-refractivity contribution in [3.8, 4) is 0 Å². The number of amides is 1. The molecule has 2 fully saturated rings. The summed E-state index contributed by atoms with van der Waals surface area (Å²) < 4.78 is 5.65. The van der Waals surface area contributed by atoms with Crippen molar-refractivity contribution in [2.45, 2.75) is 37.8 Å². The first kappa shape index (κ1) is 13.3. The minimum atomic E-state index is -0.938. The average Bonchev–Trinajstić information content (AvgIpc) is 2.34. The van der Waals surface area contributed by atoms with Gasteiger partial charge in [-0.25, -0.2) is 0 Å². The lowest BCUT2D eigenvalue weighted by Gasteiger charge is -2.37. The van der Waals surface area contributed by atoms with Crippen LogP contribution in [0.5, 0.6) is 0 Å². The van der Waals surface area contributed by atoms with Gasteiger partial charge in [-0.3, -0.25) is 14.5 Å². The summed E-state index contributed by atoms with van der Waals surface area (Å²) in [4.78, 5) is 24.5. The van der Waals surface area contributed by atoms with Gasteiger partial charge in [0.05, 0.1) is 18.6 Å². The van der Waals surface area contributed by atoms with Crippen LogP contribution in [0.1, 0.15) is 25.7 Å². The number of piperazine rings is 1. The van der Waals surface area contributed by atoms with E-state index in [4.69, 9.17) is 9.84 Å². The number of hydrogen-bond acceptors (Lipinski definition) is 4. The first-order valence-corrected chi connectivity index (χ1v) is 6.52. The third kappa shape index (κ3) is 3.43. The van der Waals surface area contributed by atoms with E-state index >= 15 is 0 Å². The Labute approximate surface area is 106 Å². The van der Waals surface area contributed by atoms with Crippen LogP contribution in [0.3, 0.4) is 0 Å². The maximum Gasteiger partial charge on any atom is 0.305 e. The van der Waals surface area contributed by atoms with Crippen molar-refractivity contribution in [2.75, 3.05) is 26.2 Å². The van der Waals surface area contributed by atoms with Crippen molar-refractivity contribution in [3.63, 3.8) is 0 Å². The van der Waals surface area contributed by atoms with Gasteiger partial charge in [0.2, 0.25) is 5.91 Å². The summed E-state index contributed by atoms with van der Waals surface area (Å²) in [6.45, 7) is 2.71. The number of rotatable bonds is 4. The van der Waals surface area contributed by atoms with Crippen molar-refractivity contribution < 1.29 is 19.4 Å². The molecule has 6 heteroatoms. The predicted molar refractivity (Wildman–Crippen MR) is 64.2 cm³/mol. The zero-order valence-corrected chi connectivity index (χ0v) is 10.4. The number of aliphatic carboxylic acids is 1. The topological polar surface area (TPSA) is 78.9 Å². The molecule has 0 aromatic rings. The number of carboxylic acid groups (broad SMARTS) is 1. The van der Waals surface area contributed by atoms with Crippen LogP contribution >= 0.6 is 0 Å². The molecule has 0 aliphatic carbocycles. The highest BCUT2D eigenvalue weighted by Gasteiger charge is 2.33. The number of ether oxygens (including phenoxy) is 1. The van der Waals surface area contributed by atoms with Crippen LogP contribution in [0.2, 0.25) is 0 Å². The summed E-state index contributed by atoms with van der Waals surface area (Å²) in [6, 6.07) is -0.554. The first-order valence-electron chi connectivity index (χ1n) is 6.52. The molecule has 0 spiro atoms. The van der Waals surface area contributed by atoms with E-state index in [1.165, 1.54) is 0 Å². The Hall–Kier alpha value is -1.14. The minimum absolute atomic E-state index is 0.140. The maximum atomic E-state index is 11.7. The summed E-state index contributed by atoms with van der Waals surface area (Å²) >= 11 is 0. The first-order chi connectivity index (χ1) is 8.66. The smallest absolute Gasteiger partial charge is 0.305 e. The fraction of sp³-hybridized carbons (Fsp3) is 0.833. The predicted octanol–water partition coefficient (Wildman–Crippen LogP) is -0.169. The normalized spacial score (nSPS) is 29.9. The van der Waals surface area contributed by atoms with Crippen molar-refractivity contribution in [3.05, 3.63) is 0 Å². The van der Waals surface area contributed by atoms with Gasteiger partial charge in [-0.1, -0.05) is 0 Å². The Kier molecular flexibility index (Phi) is 4.54. The van der Waals surface area contributed by atoms with Gasteiger partial charge in [0, 0.05) is 26.2 Å². The monoisotopic (exact) mass is 256 g/mol. The standard InChI is InChI=1S/C12H20N2O4/c15-11(16)7-10-12(17)13-4-5-14(10)8-9-3-1-2-6-18-9/h9-10H,1-8H2,(H,13,17)(H,15,16). The quantitative estimate of drug-likeness (QED) is 0.730. The van der Waals surface area contributed by atoms with E-state index in [9.17, 15) is 9.59 Å². The van der Waals surface area contributed by atoms with E-state index in [-0.39, 0.29) is 18.4 Å². The van der Waals surface area contributed by atoms with Gasteiger partial charge in [0.1, 0.15) is 0 Å². The van der Waals surface area contributed by atoms with Crippen LogP contribution < -0.4 is 5.32 Å². The molecule has 2 aliphatic rings. The highest BCUT2D eigenvalue weighted by molar-refractivity contribution is 5.86. The molecular formula is C12H20N2O4. The molecule has 2 heterocycles. The Morgan fingerprint density at radius 1 is 1.50 bits per heavy atom. The average molecular weight is 256 g/mol. The lowest BCUT2D eigenvalue weighted by atomic mass is 10.0. The van der Waals surface area contributed by atoms with Crippen LogP contribution in [0.25, 0.3) is 0 Å². The van der Waals surface area contributed by atoms with Gasteiger partial charge < -0.3 is 15.2 Å².